The van der Waals surface area contributed by atoms with Crippen LogP contribution in [-0.2, 0) is 0 Å². The third kappa shape index (κ3) is 4.69. The number of amides is 1. The van der Waals surface area contributed by atoms with Crippen LogP contribution in [0.2, 0.25) is 5.02 Å². The van der Waals surface area contributed by atoms with Crippen molar-refractivity contribution in [1.29, 1.82) is 0 Å². The topological polar surface area (TPSA) is 67.8 Å². The van der Waals surface area contributed by atoms with Gasteiger partial charge in [-0.05, 0) is 24.3 Å². The average Bonchev–Trinajstić information content (AvgIpc) is 2.50. The molecule has 2 rings (SSSR count). The van der Waals surface area contributed by atoms with E-state index in [0.29, 0.717) is 41.8 Å². The van der Waals surface area contributed by atoms with E-state index in [1.165, 1.54) is 0 Å². The van der Waals surface area contributed by atoms with Gasteiger partial charge in [-0.25, -0.2) is 0 Å². The number of carbonyl (C=O) groups excluding carboxylic acids is 1. The SMILES string of the molecule is O=C(NCCSCCCO)c1cc(Cl)c2c(c1)OCCO2. The lowest BCUT2D eigenvalue weighted by Crippen LogP contribution is -2.26. The Hall–Kier alpha value is -1.11. The van der Waals surface area contributed by atoms with Crippen LogP contribution in [0, 0.1) is 0 Å². The number of carbonyl (C=O) groups is 1. The number of fused-ring (bicyclic) bond motifs is 1. The molecular formula is C14H18ClNO4S. The van der Waals surface area contributed by atoms with Gasteiger partial charge in [-0.2, -0.15) is 11.8 Å². The van der Waals surface area contributed by atoms with E-state index in [9.17, 15) is 4.79 Å². The summed E-state index contributed by atoms with van der Waals surface area (Å²) in [6, 6.07) is 3.23. The Morgan fingerprint density at radius 1 is 1.33 bits per heavy atom. The van der Waals surface area contributed by atoms with Crippen LogP contribution in [-0.4, -0.2) is 48.9 Å². The molecule has 0 bridgehead atoms. The maximum Gasteiger partial charge on any atom is 0.251 e. The monoisotopic (exact) mass is 331 g/mol. The first-order chi connectivity index (χ1) is 10.2. The number of thioether (sulfide) groups is 1. The van der Waals surface area contributed by atoms with Crippen LogP contribution in [0.3, 0.4) is 0 Å². The fourth-order valence-electron chi connectivity index (χ4n) is 1.85. The molecular weight excluding hydrogens is 314 g/mol. The van der Waals surface area contributed by atoms with Crippen LogP contribution in [0.4, 0.5) is 0 Å². The molecule has 0 atom stereocenters. The predicted octanol–water partition coefficient (Wildman–Crippen LogP) is 1.96. The summed E-state index contributed by atoms with van der Waals surface area (Å²) in [5.41, 5.74) is 0.463. The Morgan fingerprint density at radius 3 is 2.95 bits per heavy atom. The highest BCUT2D eigenvalue weighted by molar-refractivity contribution is 7.99. The highest BCUT2D eigenvalue weighted by Crippen LogP contribution is 2.38. The van der Waals surface area contributed by atoms with E-state index in [1.54, 1.807) is 23.9 Å². The zero-order valence-corrected chi connectivity index (χ0v) is 13.1. The van der Waals surface area contributed by atoms with Gasteiger partial charge in [0.15, 0.2) is 11.5 Å². The van der Waals surface area contributed by atoms with Crippen molar-refractivity contribution in [2.75, 3.05) is 37.9 Å². The number of hydrogen-bond donors (Lipinski definition) is 2. The first-order valence-electron chi connectivity index (χ1n) is 6.78. The number of aliphatic hydroxyl groups excluding tert-OH is 1. The van der Waals surface area contributed by atoms with Crippen LogP contribution >= 0.6 is 23.4 Å². The quantitative estimate of drug-likeness (QED) is 0.748. The minimum atomic E-state index is -0.184. The summed E-state index contributed by atoms with van der Waals surface area (Å²) in [6.07, 6.45) is 0.774. The Bertz CT molecular complexity index is 498. The maximum atomic E-state index is 12.1. The third-order valence-corrected chi connectivity index (χ3v) is 4.19. The van der Waals surface area contributed by atoms with Crippen LogP contribution in [0.15, 0.2) is 12.1 Å². The summed E-state index contributed by atoms with van der Waals surface area (Å²) >= 11 is 7.79. The van der Waals surface area contributed by atoms with Crippen molar-refractivity contribution < 1.29 is 19.4 Å². The van der Waals surface area contributed by atoms with Crippen LogP contribution in [0.5, 0.6) is 11.5 Å². The number of rotatable bonds is 7. The number of nitrogens with one attached hydrogen (secondary N) is 1. The Morgan fingerprint density at radius 2 is 2.14 bits per heavy atom. The van der Waals surface area contributed by atoms with Gasteiger partial charge in [0.2, 0.25) is 0 Å². The smallest absolute Gasteiger partial charge is 0.251 e. The zero-order chi connectivity index (χ0) is 15.1. The second-order valence-corrected chi connectivity index (χ2v) is 6.06. The lowest BCUT2D eigenvalue weighted by molar-refractivity contribution is 0.0955. The summed E-state index contributed by atoms with van der Waals surface area (Å²) in [5, 5.41) is 11.9. The summed E-state index contributed by atoms with van der Waals surface area (Å²) in [7, 11) is 0. The molecule has 21 heavy (non-hydrogen) atoms. The normalized spacial score (nSPS) is 13.0. The van der Waals surface area contributed by atoms with Gasteiger partial charge < -0.3 is 19.9 Å². The van der Waals surface area contributed by atoms with Gasteiger partial charge in [0.25, 0.3) is 5.91 Å². The van der Waals surface area contributed by atoms with Crippen molar-refractivity contribution in [3.8, 4) is 11.5 Å². The Kier molecular flexibility index (Phi) is 6.48. The summed E-state index contributed by atoms with van der Waals surface area (Å²) in [6.45, 7) is 1.69. The molecule has 1 amide bonds. The van der Waals surface area contributed by atoms with Gasteiger partial charge in [-0.15, -0.1) is 0 Å². The fraction of sp³-hybridized carbons (Fsp3) is 0.500. The molecule has 0 unspecified atom stereocenters. The zero-order valence-electron chi connectivity index (χ0n) is 11.6. The molecule has 0 saturated heterocycles. The van der Waals surface area contributed by atoms with E-state index in [4.69, 9.17) is 26.2 Å². The van der Waals surface area contributed by atoms with Crippen molar-refractivity contribution in [3.63, 3.8) is 0 Å². The number of ether oxygens (including phenoxy) is 2. The first kappa shape index (κ1) is 16.3. The van der Waals surface area contributed by atoms with Gasteiger partial charge in [0.05, 0.1) is 5.02 Å². The molecule has 116 valence electrons. The van der Waals surface area contributed by atoms with E-state index in [2.05, 4.69) is 5.32 Å². The highest BCUT2D eigenvalue weighted by Gasteiger charge is 2.19. The highest BCUT2D eigenvalue weighted by atomic mass is 35.5. The summed E-state index contributed by atoms with van der Waals surface area (Å²) < 4.78 is 10.9. The molecule has 1 aliphatic rings. The van der Waals surface area contributed by atoms with E-state index in [0.717, 1.165) is 17.9 Å². The number of benzene rings is 1. The summed E-state index contributed by atoms with van der Waals surface area (Å²) in [4.78, 5) is 12.1. The van der Waals surface area contributed by atoms with Gasteiger partial charge >= 0.3 is 0 Å². The molecule has 0 spiro atoms. The van der Waals surface area contributed by atoms with Crippen molar-refractivity contribution in [1.82, 2.24) is 5.32 Å². The van der Waals surface area contributed by atoms with Crippen molar-refractivity contribution in [2.45, 2.75) is 6.42 Å². The second-order valence-electron chi connectivity index (χ2n) is 4.43. The van der Waals surface area contributed by atoms with Crippen LogP contribution in [0.25, 0.3) is 0 Å². The molecule has 0 saturated carbocycles. The third-order valence-electron chi connectivity index (χ3n) is 2.84. The van der Waals surface area contributed by atoms with E-state index < -0.39 is 0 Å². The standard InChI is InChI=1S/C14H18ClNO4S/c15-11-8-10(9-12-13(11)20-5-4-19-12)14(18)16-2-7-21-6-1-3-17/h8-9,17H,1-7H2,(H,16,18). The molecule has 0 aromatic heterocycles. The Balaban J connectivity index is 1.86. The molecule has 1 aliphatic heterocycles. The van der Waals surface area contributed by atoms with Gasteiger partial charge in [0, 0.05) is 24.5 Å². The molecule has 1 aromatic carbocycles. The van der Waals surface area contributed by atoms with Gasteiger partial charge in [-0.3, -0.25) is 4.79 Å². The molecule has 5 nitrogen and oxygen atoms in total. The Labute approximate surface area is 133 Å². The van der Waals surface area contributed by atoms with E-state index in [-0.39, 0.29) is 12.5 Å². The summed E-state index contributed by atoms with van der Waals surface area (Å²) in [5.74, 6) is 2.53. The van der Waals surface area contributed by atoms with Crippen molar-refractivity contribution in [3.05, 3.63) is 22.7 Å². The number of aliphatic hydroxyl groups is 1. The molecule has 7 heteroatoms. The minimum Gasteiger partial charge on any atom is -0.486 e. The lowest BCUT2D eigenvalue weighted by atomic mass is 10.2. The minimum absolute atomic E-state index is 0.184. The average molecular weight is 332 g/mol. The van der Waals surface area contributed by atoms with Gasteiger partial charge in [-0.1, -0.05) is 11.6 Å². The van der Waals surface area contributed by atoms with Crippen LogP contribution in [0.1, 0.15) is 16.8 Å². The number of halogens is 1. The van der Waals surface area contributed by atoms with Crippen molar-refractivity contribution in [2.24, 2.45) is 0 Å². The molecule has 0 fully saturated rings. The van der Waals surface area contributed by atoms with E-state index >= 15 is 0 Å². The first-order valence-corrected chi connectivity index (χ1v) is 8.31. The fourth-order valence-corrected chi connectivity index (χ4v) is 2.90. The van der Waals surface area contributed by atoms with Crippen molar-refractivity contribution >= 4 is 29.3 Å². The second kappa shape index (κ2) is 8.36. The predicted molar refractivity (Wildman–Crippen MR) is 83.8 cm³/mol. The molecule has 0 radical (unpaired) electrons. The molecule has 1 heterocycles. The molecule has 2 N–H and O–H groups in total. The lowest BCUT2D eigenvalue weighted by Gasteiger charge is -2.20. The van der Waals surface area contributed by atoms with E-state index in [1.807, 2.05) is 0 Å². The molecule has 0 aliphatic carbocycles. The maximum absolute atomic E-state index is 12.1. The largest absolute Gasteiger partial charge is 0.486 e. The number of hydrogen-bond acceptors (Lipinski definition) is 5. The van der Waals surface area contributed by atoms with Gasteiger partial charge in [0.1, 0.15) is 13.2 Å². The van der Waals surface area contributed by atoms with Crippen LogP contribution < -0.4 is 14.8 Å². The molecule has 1 aromatic rings.